The second-order valence-corrected chi connectivity index (χ2v) is 4.25. The molecule has 0 fully saturated rings. The number of benzene rings is 1. The van der Waals surface area contributed by atoms with Crippen LogP contribution in [0.4, 0.5) is 0 Å². The van der Waals surface area contributed by atoms with Gasteiger partial charge in [0, 0.05) is 0 Å². The quantitative estimate of drug-likeness (QED) is 0.836. The highest BCUT2D eigenvalue weighted by Gasteiger charge is 2.00. The Morgan fingerprint density at radius 1 is 1.12 bits per heavy atom. The molecule has 0 N–H and O–H groups in total. The van der Waals surface area contributed by atoms with Gasteiger partial charge in [-0.25, -0.2) is 4.98 Å². The molecule has 4 heteroatoms. The summed E-state index contributed by atoms with van der Waals surface area (Å²) < 4.78 is 5.62. The lowest BCUT2D eigenvalue weighted by atomic mass is 10.1. The summed E-state index contributed by atoms with van der Waals surface area (Å²) in [7, 11) is 0. The van der Waals surface area contributed by atoms with E-state index in [2.05, 4.69) is 23.8 Å². The van der Waals surface area contributed by atoms with E-state index in [1.54, 1.807) is 6.20 Å². The summed E-state index contributed by atoms with van der Waals surface area (Å²) in [6, 6.07) is 6.00. The Kier molecular flexibility index (Phi) is 3.59. The van der Waals surface area contributed by atoms with Gasteiger partial charge in [-0.05, 0) is 37.1 Å². The van der Waals surface area contributed by atoms with Crippen molar-refractivity contribution in [3.05, 3.63) is 52.6 Å². The van der Waals surface area contributed by atoms with Gasteiger partial charge in [0.2, 0.25) is 0 Å². The number of rotatable bonds is 3. The molecule has 0 aliphatic heterocycles. The third-order valence-electron chi connectivity index (χ3n) is 2.54. The van der Waals surface area contributed by atoms with Crippen LogP contribution in [0.5, 0.6) is 5.75 Å². The summed E-state index contributed by atoms with van der Waals surface area (Å²) in [6.07, 6.45) is 3.13. The lowest BCUT2D eigenvalue weighted by molar-refractivity contribution is 0.300. The van der Waals surface area contributed by atoms with Gasteiger partial charge in [0.15, 0.2) is 0 Å². The van der Waals surface area contributed by atoms with Crippen LogP contribution >= 0.6 is 11.6 Å². The van der Waals surface area contributed by atoms with E-state index >= 15 is 0 Å². The fraction of sp³-hybridized carbons (Fsp3) is 0.231. The predicted octanol–water partition coefficient (Wildman–Crippen LogP) is 3.33. The first kappa shape index (κ1) is 11.9. The van der Waals surface area contributed by atoms with Crippen LogP contribution in [0.1, 0.15) is 16.8 Å². The highest BCUT2D eigenvalue weighted by Crippen LogP contribution is 2.17. The van der Waals surface area contributed by atoms with Crippen LogP contribution < -0.4 is 4.74 Å². The van der Waals surface area contributed by atoms with E-state index in [4.69, 9.17) is 16.3 Å². The number of aryl methyl sites for hydroxylation is 2. The third-order valence-corrected chi connectivity index (χ3v) is 2.73. The highest BCUT2D eigenvalue weighted by molar-refractivity contribution is 6.29. The third kappa shape index (κ3) is 3.17. The van der Waals surface area contributed by atoms with E-state index in [0.29, 0.717) is 11.8 Å². The standard InChI is InChI=1S/C13H13ClN2O/c1-9-3-4-12(5-10(9)2)17-8-11-6-16-13(14)7-15-11/h3-7H,8H2,1-2H3. The zero-order valence-electron chi connectivity index (χ0n) is 9.77. The zero-order chi connectivity index (χ0) is 12.3. The first-order valence-corrected chi connectivity index (χ1v) is 5.69. The molecule has 0 unspecified atom stereocenters. The number of nitrogens with zero attached hydrogens (tertiary/aromatic N) is 2. The lowest BCUT2D eigenvalue weighted by Gasteiger charge is -2.07. The average molecular weight is 249 g/mol. The maximum Gasteiger partial charge on any atom is 0.147 e. The molecule has 0 radical (unpaired) electrons. The van der Waals surface area contributed by atoms with Crippen molar-refractivity contribution in [3.8, 4) is 5.75 Å². The molecule has 0 amide bonds. The van der Waals surface area contributed by atoms with Gasteiger partial charge in [-0.15, -0.1) is 0 Å². The van der Waals surface area contributed by atoms with E-state index in [1.807, 2.05) is 18.2 Å². The Bertz CT molecular complexity index is 511. The van der Waals surface area contributed by atoms with Crippen molar-refractivity contribution in [1.29, 1.82) is 0 Å². The van der Waals surface area contributed by atoms with Crippen molar-refractivity contribution >= 4 is 11.6 Å². The maximum atomic E-state index is 5.65. The minimum atomic E-state index is 0.389. The van der Waals surface area contributed by atoms with Crippen molar-refractivity contribution in [2.75, 3.05) is 0 Å². The van der Waals surface area contributed by atoms with E-state index < -0.39 is 0 Å². The smallest absolute Gasteiger partial charge is 0.147 e. The molecular formula is C13H13ClN2O. The number of aromatic nitrogens is 2. The maximum absolute atomic E-state index is 5.65. The molecule has 0 aliphatic carbocycles. The van der Waals surface area contributed by atoms with Crippen LogP contribution in [0.25, 0.3) is 0 Å². The van der Waals surface area contributed by atoms with Gasteiger partial charge in [-0.1, -0.05) is 17.7 Å². The Balaban J connectivity index is 2.02. The first-order valence-electron chi connectivity index (χ1n) is 5.31. The van der Waals surface area contributed by atoms with E-state index in [9.17, 15) is 0 Å². The molecule has 0 saturated heterocycles. The van der Waals surface area contributed by atoms with Crippen molar-refractivity contribution in [1.82, 2.24) is 9.97 Å². The molecule has 2 aromatic rings. The first-order chi connectivity index (χ1) is 8.15. The van der Waals surface area contributed by atoms with Crippen LogP contribution in [-0.2, 0) is 6.61 Å². The Hall–Kier alpha value is -1.61. The number of hydrogen-bond acceptors (Lipinski definition) is 3. The number of ether oxygens (including phenoxy) is 1. The SMILES string of the molecule is Cc1ccc(OCc2cnc(Cl)cn2)cc1C. The molecule has 0 atom stereocenters. The number of halogens is 1. The molecule has 1 heterocycles. The van der Waals surface area contributed by atoms with Crippen LogP contribution in [-0.4, -0.2) is 9.97 Å². The predicted molar refractivity (Wildman–Crippen MR) is 67.3 cm³/mol. The van der Waals surface area contributed by atoms with Crippen LogP contribution in [0.2, 0.25) is 5.15 Å². The van der Waals surface area contributed by atoms with Crippen molar-refractivity contribution in [2.45, 2.75) is 20.5 Å². The van der Waals surface area contributed by atoms with Crippen molar-refractivity contribution in [2.24, 2.45) is 0 Å². The van der Waals surface area contributed by atoms with E-state index in [1.165, 1.54) is 17.3 Å². The normalized spacial score (nSPS) is 10.3. The van der Waals surface area contributed by atoms with Crippen LogP contribution in [0.15, 0.2) is 30.6 Å². The topological polar surface area (TPSA) is 35.0 Å². The van der Waals surface area contributed by atoms with Crippen molar-refractivity contribution < 1.29 is 4.74 Å². The number of hydrogen-bond donors (Lipinski definition) is 0. The van der Waals surface area contributed by atoms with Gasteiger partial charge >= 0.3 is 0 Å². The minimum Gasteiger partial charge on any atom is -0.487 e. The molecule has 0 saturated carbocycles. The molecule has 88 valence electrons. The fourth-order valence-corrected chi connectivity index (χ4v) is 1.47. The molecular weight excluding hydrogens is 236 g/mol. The van der Waals surface area contributed by atoms with E-state index in [0.717, 1.165) is 11.4 Å². The minimum absolute atomic E-state index is 0.389. The monoisotopic (exact) mass is 248 g/mol. The molecule has 0 aliphatic rings. The van der Waals surface area contributed by atoms with Gasteiger partial charge < -0.3 is 4.74 Å². The average Bonchev–Trinajstić information content (AvgIpc) is 2.33. The molecule has 0 spiro atoms. The largest absolute Gasteiger partial charge is 0.487 e. The van der Waals surface area contributed by atoms with Crippen LogP contribution in [0.3, 0.4) is 0 Å². The van der Waals surface area contributed by atoms with Gasteiger partial charge in [0.25, 0.3) is 0 Å². The van der Waals surface area contributed by atoms with Gasteiger partial charge in [-0.2, -0.15) is 0 Å². The second kappa shape index (κ2) is 5.15. The second-order valence-electron chi connectivity index (χ2n) is 3.87. The fourth-order valence-electron chi connectivity index (χ4n) is 1.37. The summed E-state index contributed by atoms with van der Waals surface area (Å²) in [5, 5.41) is 0.389. The molecule has 1 aromatic heterocycles. The Morgan fingerprint density at radius 3 is 2.59 bits per heavy atom. The molecule has 3 nitrogen and oxygen atoms in total. The molecule has 2 rings (SSSR count). The summed E-state index contributed by atoms with van der Waals surface area (Å²) in [6.45, 7) is 4.53. The van der Waals surface area contributed by atoms with Crippen LogP contribution in [0, 0.1) is 13.8 Å². The molecule has 1 aromatic carbocycles. The van der Waals surface area contributed by atoms with Gasteiger partial charge in [0.1, 0.15) is 17.5 Å². The summed E-state index contributed by atoms with van der Waals surface area (Å²) in [4.78, 5) is 8.06. The lowest BCUT2D eigenvalue weighted by Crippen LogP contribution is -1.99. The summed E-state index contributed by atoms with van der Waals surface area (Å²) in [5.41, 5.74) is 3.22. The summed E-state index contributed by atoms with van der Waals surface area (Å²) >= 11 is 5.65. The Labute approximate surface area is 105 Å². The zero-order valence-corrected chi connectivity index (χ0v) is 10.5. The highest BCUT2D eigenvalue weighted by atomic mass is 35.5. The molecule has 17 heavy (non-hydrogen) atoms. The molecule has 0 bridgehead atoms. The van der Waals surface area contributed by atoms with E-state index in [-0.39, 0.29) is 0 Å². The van der Waals surface area contributed by atoms with Gasteiger partial charge in [-0.3, -0.25) is 4.98 Å². The Morgan fingerprint density at radius 2 is 1.94 bits per heavy atom. The van der Waals surface area contributed by atoms with Crippen molar-refractivity contribution in [3.63, 3.8) is 0 Å². The van der Waals surface area contributed by atoms with Gasteiger partial charge in [0.05, 0.1) is 18.1 Å². The summed E-state index contributed by atoms with van der Waals surface area (Å²) in [5.74, 6) is 0.838.